The maximum Gasteiger partial charge on any atom is 0.224 e. The summed E-state index contributed by atoms with van der Waals surface area (Å²) in [5.41, 5.74) is 0.798. The smallest absolute Gasteiger partial charge is 0.224 e. The van der Waals surface area contributed by atoms with Crippen molar-refractivity contribution in [2.75, 3.05) is 26.7 Å². The average molecular weight is 334 g/mol. The molecule has 1 N–H and O–H groups in total. The number of nitrogens with one attached hydrogen (secondary N) is 1. The van der Waals surface area contributed by atoms with Crippen LogP contribution in [0.3, 0.4) is 0 Å². The summed E-state index contributed by atoms with van der Waals surface area (Å²) in [6.07, 6.45) is 0.769. The van der Waals surface area contributed by atoms with Gasteiger partial charge in [0.05, 0.1) is 25.7 Å². The second kappa shape index (κ2) is 7.99. The molecule has 24 heavy (non-hydrogen) atoms. The highest BCUT2D eigenvalue weighted by Crippen LogP contribution is 2.21. The molecular weight excluding hydrogens is 304 g/mol. The number of ether oxygens (including phenoxy) is 2. The molecule has 1 aromatic rings. The zero-order chi connectivity index (χ0) is 17.7. The topological polar surface area (TPSA) is 50.8 Å². The number of carbonyl (C=O) groups excluding carboxylic acids is 1. The number of hydrogen-bond donors (Lipinski definition) is 1. The van der Waals surface area contributed by atoms with Gasteiger partial charge in [-0.2, -0.15) is 0 Å². The maximum absolute atomic E-state index is 12.3. The van der Waals surface area contributed by atoms with E-state index in [1.807, 2.05) is 24.3 Å². The molecule has 0 aromatic heterocycles. The van der Waals surface area contributed by atoms with Crippen LogP contribution in [0.15, 0.2) is 24.3 Å². The van der Waals surface area contributed by atoms with Gasteiger partial charge < -0.3 is 14.8 Å². The van der Waals surface area contributed by atoms with E-state index in [1.54, 1.807) is 7.11 Å². The fraction of sp³-hybridized carbons (Fsp3) is 0.632. The van der Waals surface area contributed by atoms with Gasteiger partial charge in [0, 0.05) is 30.7 Å². The molecule has 2 unspecified atom stereocenters. The third-order valence-electron chi connectivity index (χ3n) is 4.54. The van der Waals surface area contributed by atoms with Crippen molar-refractivity contribution in [3.05, 3.63) is 29.8 Å². The highest BCUT2D eigenvalue weighted by molar-refractivity contribution is 5.79. The molecule has 0 bridgehead atoms. The second-order valence-electron chi connectivity index (χ2n) is 7.24. The summed E-state index contributed by atoms with van der Waals surface area (Å²) in [5, 5.41) is 3.07. The van der Waals surface area contributed by atoms with Crippen molar-refractivity contribution in [1.82, 2.24) is 10.2 Å². The molecule has 2 rings (SSSR count). The number of morpholine rings is 1. The molecule has 0 aliphatic carbocycles. The van der Waals surface area contributed by atoms with Crippen LogP contribution in [0.1, 0.15) is 33.3 Å². The van der Waals surface area contributed by atoms with E-state index in [2.05, 4.69) is 37.9 Å². The van der Waals surface area contributed by atoms with Gasteiger partial charge in [0.1, 0.15) is 5.75 Å². The molecule has 1 aromatic carbocycles. The summed E-state index contributed by atoms with van der Waals surface area (Å²) in [4.78, 5) is 14.7. The lowest BCUT2D eigenvalue weighted by atomic mass is 10.00. The van der Waals surface area contributed by atoms with Crippen molar-refractivity contribution in [3.8, 4) is 5.75 Å². The molecule has 0 saturated carbocycles. The Morgan fingerprint density at radius 2 is 1.92 bits per heavy atom. The van der Waals surface area contributed by atoms with Crippen molar-refractivity contribution in [2.45, 2.75) is 51.9 Å². The van der Waals surface area contributed by atoms with Crippen LogP contribution in [-0.2, 0) is 16.0 Å². The number of carbonyl (C=O) groups is 1. The second-order valence-corrected chi connectivity index (χ2v) is 7.24. The summed E-state index contributed by atoms with van der Waals surface area (Å²) in [5.74, 6) is 0.768. The third-order valence-corrected chi connectivity index (χ3v) is 4.54. The summed E-state index contributed by atoms with van der Waals surface area (Å²) in [7, 11) is 1.63. The molecule has 5 nitrogen and oxygen atoms in total. The third kappa shape index (κ3) is 4.95. The Morgan fingerprint density at radius 3 is 2.54 bits per heavy atom. The van der Waals surface area contributed by atoms with Gasteiger partial charge in [-0.25, -0.2) is 0 Å². The minimum atomic E-state index is -0.108. The molecule has 2 atom stereocenters. The lowest BCUT2D eigenvalue weighted by Gasteiger charge is -2.45. The van der Waals surface area contributed by atoms with E-state index in [9.17, 15) is 4.79 Å². The predicted molar refractivity (Wildman–Crippen MR) is 95.4 cm³/mol. The minimum absolute atomic E-state index is 0.0157. The zero-order valence-electron chi connectivity index (χ0n) is 15.5. The Morgan fingerprint density at radius 1 is 1.29 bits per heavy atom. The largest absolute Gasteiger partial charge is 0.496 e. The molecule has 134 valence electrons. The van der Waals surface area contributed by atoms with Crippen LogP contribution in [0.2, 0.25) is 0 Å². The van der Waals surface area contributed by atoms with Gasteiger partial charge in [0.15, 0.2) is 0 Å². The molecule has 1 heterocycles. The van der Waals surface area contributed by atoms with E-state index in [0.717, 1.165) is 24.4 Å². The van der Waals surface area contributed by atoms with Gasteiger partial charge in [-0.3, -0.25) is 9.69 Å². The van der Waals surface area contributed by atoms with Crippen molar-refractivity contribution < 1.29 is 14.3 Å². The van der Waals surface area contributed by atoms with Gasteiger partial charge >= 0.3 is 0 Å². The minimum Gasteiger partial charge on any atom is -0.496 e. The molecule has 1 saturated heterocycles. The molecule has 1 fully saturated rings. The SMILES string of the molecule is COc1ccccc1CC(=O)NCC(C)(C)N1CC(C)OC(C)C1. The van der Waals surface area contributed by atoms with Crippen LogP contribution in [0.4, 0.5) is 0 Å². The van der Waals surface area contributed by atoms with E-state index in [0.29, 0.717) is 13.0 Å². The van der Waals surface area contributed by atoms with Crippen LogP contribution >= 0.6 is 0 Å². The predicted octanol–water partition coefficient (Wildman–Crippen LogP) is 2.24. The van der Waals surface area contributed by atoms with Crippen LogP contribution in [0, 0.1) is 0 Å². The molecule has 1 aliphatic heterocycles. The fourth-order valence-corrected chi connectivity index (χ4v) is 3.18. The monoisotopic (exact) mass is 334 g/mol. The van der Waals surface area contributed by atoms with E-state index in [-0.39, 0.29) is 23.7 Å². The molecule has 0 spiro atoms. The van der Waals surface area contributed by atoms with Gasteiger partial charge in [0.2, 0.25) is 5.91 Å². The van der Waals surface area contributed by atoms with Gasteiger partial charge in [0.25, 0.3) is 0 Å². The summed E-state index contributed by atoms with van der Waals surface area (Å²) < 4.78 is 11.1. The van der Waals surface area contributed by atoms with E-state index >= 15 is 0 Å². The van der Waals surface area contributed by atoms with E-state index in [1.165, 1.54) is 0 Å². The summed E-state index contributed by atoms with van der Waals surface area (Å²) >= 11 is 0. The first-order valence-corrected chi connectivity index (χ1v) is 8.61. The Balaban J connectivity index is 1.90. The standard InChI is InChI=1S/C19H30N2O3/c1-14-11-21(12-15(2)24-14)19(3,4)13-20-18(22)10-16-8-6-7-9-17(16)23-5/h6-9,14-15H,10-13H2,1-5H3,(H,20,22). The molecular formula is C19H30N2O3. The summed E-state index contributed by atoms with van der Waals surface area (Å²) in [6, 6.07) is 7.63. The number of rotatable bonds is 6. The van der Waals surface area contributed by atoms with E-state index in [4.69, 9.17) is 9.47 Å². The number of amides is 1. The Kier molecular flexibility index (Phi) is 6.24. The number of methoxy groups -OCH3 is 1. The fourth-order valence-electron chi connectivity index (χ4n) is 3.18. The lowest BCUT2D eigenvalue weighted by Crippen LogP contribution is -2.58. The summed E-state index contributed by atoms with van der Waals surface area (Å²) in [6.45, 7) is 10.9. The number of nitrogens with zero attached hydrogens (tertiary/aromatic N) is 1. The first-order chi connectivity index (χ1) is 11.3. The quantitative estimate of drug-likeness (QED) is 0.867. The van der Waals surface area contributed by atoms with Gasteiger partial charge in [-0.05, 0) is 33.8 Å². The van der Waals surface area contributed by atoms with Crippen LogP contribution in [0.25, 0.3) is 0 Å². The molecule has 5 heteroatoms. The van der Waals surface area contributed by atoms with Crippen LogP contribution < -0.4 is 10.1 Å². The Hall–Kier alpha value is -1.59. The Bertz CT molecular complexity index is 549. The van der Waals surface area contributed by atoms with Crippen LogP contribution in [-0.4, -0.2) is 55.3 Å². The first-order valence-electron chi connectivity index (χ1n) is 8.61. The first kappa shape index (κ1) is 18.7. The normalized spacial score (nSPS) is 22.2. The Labute approximate surface area is 145 Å². The zero-order valence-corrected chi connectivity index (χ0v) is 15.5. The van der Waals surface area contributed by atoms with Gasteiger partial charge in [-0.15, -0.1) is 0 Å². The molecule has 1 amide bonds. The van der Waals surface area contributed by atoms with E-state index < -0.39 is 0 Å². The number of hydrogen-bond acceptors (Lipinski definition) is 4. The molecule has 0 radical (unpaired) electrons. The average Bonchev–Trinajstić information content (AvgIpc) is 2.53. The van der Waals surface area contributed by atoms with Crippen molar-refractivity contribution >= 4 is 5.91 Å². The maximum atomic E-state index is 12.3. The highest BCUT2D eigenvalue weighted by atomic mass is 16.5. The van der Waals surface area contributed by atoms with Crippen molar-refractivity contribution in [1.29, 1.82) is 0 Å². The highest BCUT2D eigenvalue weighted by Gasteiger charge is 2.33. The number of benzene rings is 1. The van der Waals surface area contributed by atoms with Gasteiger partial charge in [-0.1, -0.05) is 18.2 Å². The lowest BCUT2D eigenvalue weighted by molar-refractivity contribution is -0.122. The van der Waals surface area contributed by atoms with Crippen LogP contribution in [0.5, 0.6) is 5.75 Å². The number of para-hydroxylation sites is 1. The molecule has 1 aliphatic rings. The van der Waals surface area contributed by atoms with Crippen molar-refractivity contribution in [2.24, 2.45) is 0 Å². The van der Waals surface area contributed by atoms with Crippen molar-refractivity contribution in [3.63, 3.8) is 0 Å².